The zero-order valence-electron chi connectivity index (χ0n) is 12.9. The quantitative estimate of drug-likeness (QED) is 0.876. The number of aromatic nitrogens is 1. The van der Waals surface area contributed by atoms with Gasteiger partial charge < -0.3 is 5.32 Å². The third-order valence-corrected chi connectivity index (χ3v) is 4.95. The van der Waals surface area contributed by atoms with Crippen molar-refractivity contribution in [3.8, 4) is 0 Å². The van der Waals surface area contributed by atoms with Crippen LogP contribution in [0.25, 0.3) is 0 Å². The van der Waals surface area contributed by atoms with Crippen molar-refractivity contribution < 1.29 is 4.79 Å². The first-order chi connectivity index (χ1) is 10.2. The van der Waals surface area contributed by atoms with Crippen LogP contribution in [0.2, 0.25) is 0 Å². The van der Waals surface area contributed by atoms with Gasteiger partial charge in [0.25, 0.3) is 0 Å². The fourth-order valence-electron chi connectivity index (χ4n) is 2.61. The van der Waals surface area contributed by atoms with Crippen LogP contribution in [0, 0.1) is 0 Å². The van der Waals surface area contributed by atoms with E-state index in [1.54, 1.807) is 11.8 Å². The van der Waals surface area contributed by atoms with Gasteiger partial charge >= 0.3 is 0 Å². The van der Waals surface area contributed by atoms with Crippen LogP contribution >= 0.6 is 11.8 Å². The Morgan fingerprint density at radius 2 is 2.10 bits per heavy atom. The summed E-state index contributed by atoms with van der Waals surface area (Å²) in [4.78, 5) is 18.4. The lowest BCUT2D eigenvalue weighted by atomic mass is 10.0. The maximum absolute atomic E-state index is 11.9. The molecule has 2 heterocycles. The van der Waals surface area contributed by atoms with Gasteiger partial charge in [0, 0.05) is 49.7 Å². The van der Waals surface area contributed by atoms with E-state index in [2.05, 4.69) is 40.5 Å². The summed E-state index contributed by atoms with van der Waals surface area (Å²) in [6, 6.07) is 4.48. The number of hydrogen-bond donors (Lipinski definition) is 1. The van der Waals surface area contributed by atoms with Crippen LogP contribution in [-0.4, -0.2) is 46.4 Å². The van der Waals surface area contributed by atoms with Crippen LogP contribution in [-0.2, 0) is 11.3 Å². The van der Waals surface area contributed by atoms with E-state index in [0.29, 0.717) is 17.7 Å². The van der Waals surface area contributed by atoms with Gasteiger partial charge in [-0.25, -0.2) is 0 Å². The number of likely N-dealkylation sites (tertiary alicyclic amines) is 1. The van der Waals surface area contributed by atoms with Crippen LogP contribution in [0.1, 0.15) is 31.7 Å². The lowest BCUT2D eigenvalue weighted by molar-refractivity contribution is -0.122. The molecule has 4 nitrogen and oxygen atoms in total. The van der Waals surface area contributed by atoms with Gasteiger partial charge in [-0.1, -0.05) is 6.92 Å². The molecule has 0 aromatic carbocycles. The number of pyridine rings is 1. The lowest BCUT2D eigenvalue weighted by Crippen LogP contribution is -2.44. The van der Waals surface area contributed by atoms with E-state index >= 15 is 0 Å². The second-order valence-electron chi connectivity index (χ2n) is 5.72. The van der Waals surface area contributed by atoms with Crippen molar-refractivity contribution in [1.29, 1.82) is 0 Å². The minimum Gasteiger partial charge on any atom is -0.353 e. The summed E-state index contributed by atoms with van der Waals surface area (Å²) in [7, 11) is 0. The Morgan fingerprint density at radius 3 is 2.71 bits per heavy atom. The van der Waals surface area contributed by atoms with Gasteiger partial charge in [0.15, 0.2) is 0 Å². The Bertz CT molecular complexity index is 432. The van der Waals surface area contributed by atoms with Crippen molar-refractivity contribution in [2.45, 2.75) is 44.0 Å². The molecule has 0 spiro atoms. The number of piperidine rings is 1. The number of nitrogens with one attached hydrogen (secondary N) is 1. The van der Waals surface area contributed by atoms with Crippen molar-refractivity contribution in [3.63, 3.8) is 0 Å². The number of carbonyl (C=O) groups is 1. The first kappa shape index (κ1) is 16.3. The molecule has 1 aromatic rings. The third-order valence-electron chi connectivity index (χ3n) is 3.98. The molecule has 2 rings (SSSR count). The number of rotatable bonds is 6. The van der Waals surface area contributed by atoms with Crippen molar-refractivity contribution in [2.24, 2.45) is 0 Å². The third kappa shape index (κ3) is 5.67. The van der Waals surface area contributed by atoms with Gasteiger partial charge in [-0.05, 0) is 36.8 Å². The van der Waals surface area contributed by atoms with Crippen LogP contribution in [0.5, 0.6) is 0 Å². The van der Waals surface area contributed by atoms with Gasteiger partial charge in [0.1, 0.15) is 0 Å². The molecule has 1 aliphatic rings. The summed E-state index contributed by atoms with van der Waals surface area (Å²) >= 11 is 1.74. The van der Waals surface area contributed by atoms with E-state index in [-0.39, 0.29) is 5.91 Å². The minimum absolute atomic E-state index is 0.199. The topological polar surface area (TPSA) is 45.2 Å². The van der Waals surface area contributed by atoms with E-state index < -0.39 is 0 Å². The number of carbonyl (C=O) groups excluding carboxylic acids is 1. The fourth-order valence-corrected chi connectivity index (χ4v) is 2.93. The van der Waals surface area contributed by atoms with Gasteiger partial charge in [-0.2, -0.15) is 11.8 Å². The van der Waals surface area contributed by atoms with Gasteiger partial charge in [-0.15, -0.1) is 0 Å². The molecule has 0 unspecified atom stereocenters. The van der Waals surface area contributed by atoms with E-state index in [1.807, 2.05) is 12.4 Å². The highest BCUT2D eigenvalue weighted by molar-refractivity contribution is 7.99. The summed E-state index contributed by atoms with van der Waals surface area (Å²) in [5.74, 6) is 0.199. The first-order valence-corrected chi connectivity index (χ1v) is 8.89. The summed E-state index contributed by atoms with van der Waals surface area (Å²) in [6.45, 7) is 5.17. The Labute approximate surface area is 131 Å². The van der Waals surface area contributed by atoms with Crippen molar-refractivity contribution >= 4 is 17.7 Å². The summed E-state index contributed by atoms with van der Waals surface area (Å²) in [6.07, 6.45) is 8.45. The molecule has 1 aromatic heterocycles. The highest BCUT2D eigenvalue weighted by Crippen LogP contribution is 2.15. The SMILES string of the molecule is CS[C@H](C)CC(=O)NC1CCN(Cc2ccncc2)CC1. The van der Waals surface area contributed by atoms with Gasteiger partial charge in [0.05, 0.1) is 0 Å². The van der Waals surface area contributed by atoms with E-state index in [0.717, 1.165) is 32.5 Å². The molecule has 21 heavy (non-hydrogen) atoms. The molecule has 1 aliphatic heterocycles. The summed E-state index contributed by atoms with van der Waals surface area (Å²) < 4.78 is 0. The number of nitrogens with zero attached hydrogens (tertiary/aromatic N) is 2. The highest BCUT2D eigenvalue weighted by Gasteiger charge is 2.21. The second kappa shape index (κ2) is 8.39. The predicted octanol–water partition coefficient (Wildman–Crippen LogP) is 2.30. The van der Waals surface area contributed by atoms with Crippen LogP contribution < -0.4 is 5.32 Å². The molecule has 1 fully saturated rings. The fraction of sp³-hybridized carbons (Fsp3) is 0.625. The van der Waals surface area contributed by atoms with Crippen molar-refractivity contribution in [1.82, 2.24) is 15.2 Å². The van der Waals surface area contributed by atoms with E-state index in [9.17, 15) is 4.79 Å². The van der Waals surface area contributed by atoms with Gasteiger partial charge in [-0.3, -0.25) is 14.7 Å². The number of thioether (sulfide) groups is 1. The molecular formula is C16H25N3OS. The molecule has 1 amide bonds. The van der Waals surface area contributed by atoms with Crippen LogP contribution in [0.4, 0.5) is 0 Å². The van der Waals surface area contributed by atoms with Crippen molar-refractivity contribution in [3.05, 3.63) is 30.1 Å². The molecular weight excluding hydrogens is 282 g/mol. The van der Waals surface area contributed by atoms with Gasteiger partial charge in [0.2, 0.25) is 5.91 Å². The number of amides is 1. The first-order valence-electron chi connectivity index (χ1n) is 7.61. The Morgan fingerprint density at radius 1 is 1.43 bits per heavy atom. The van der Waals surface area contributed by atoms with Crippen LogP contribution in [0.3, 0.4) is 0 Å². The maximum Gasteiger partial charge on any atom is 0.221 e. The molecule has 0 saturated carbocycles. The van der Waals surface area contributed by atoms with Crippen LogP contribution in [0.15, 0.2) is 24.5 Å². The summed E-state index contributed by atoms with van der Waals surface area (Å²) in [5.41, 5.74) is 1.31. The van der Waals surface area contributed by atoms with Crippen molar-refractivity contribution in [2.75, 3.05) is 19.3 Å². The smallest absolute Gasteiger partial charge is 0.221 e. The normalized spacial score (nSPS) is 18.4. The zero-order chi connectivity index (χ0) is 15.1. The van der Waals surface area contributed by atoms with E-state index in [4.69, 9.17) is 0 Å². The average Bonchev–Trinajstić information content (AvgIpc) is 2.50. The molecule has 1 saturated heterocycles. The predicted molar refractivity (Wildman–Crippen MR) is 88.3 cm³/mol. The Hall–Kier alpha value is -1.07. The highest BCUT2D eigenvalue weighted by atomic mass is 32.2. The lowest BCUT2D eigenvalue weighted by Gasteiger charge is -2.32. The average molecular weight is 307 g/mol. The Balaban J connectivity index is 1.69. The standard InChI is InChI=1S/C16H25N3OS/c1-13(21-2)11-16(20)18-15-5-9-19(10-6-15)12-14-3-7-17-8-4-14/h3-4,7-8,13,15H,5-6,9-12H2,1-2H3,(H,18,20)/t13-/m1/s1. The molecule has 0 radical (unpaired) electrons. The number of hydrogen-bond acceptors (Lipinski definition) is 4. The largest absolute Gasteiger partial charge is 0.353 e. The maximum atomic E-state index is 11.9. The molecule has 1 atom stereocenters. The molecule has 1 N–H and O–H groups in total. The van der Waals surface area contributed by atoms with E-state index in [1.165, 1.54) is 5.56 Å². The summed E-state index contributed by atoms with van der Waals surface area (Å²) in [5, 5.41) is 3.58. The molecule has 116 valence electrons. The molecule has 5 heteroatoms. The zero-order valence-corrected chi connectivity index (χ0v) is 13.7. The monoisotopic (exact) mass is 307 g/mol. The minimum atomic E-state index is 0.199. The molecule has 0 bridgehead atoms. The second-order valence-corrected chi connectivity index (χ2v) is 7.00. The Kier molecular flexibility index (Phi) is 6.51. The molecule has 0 aliphatic carbocycles.